The Bertz CT molecular complexity index is 1000. The van der Waals surface area contributed by atoms with Crippen molar-refractivity contribution in [2.45, 2.75) is 12.3 Å². The largest absolute Gasteiger partial charge is 0.496 e. The summed E-state index contributed by atoms with van der Waals surface area (Å²) in [7, 11) is 1.57. The first kappa shape index (κ1) is 16.3. The highest BCUT2D eigenvalue weighted by Crippen LogP contribution is 2.41. The molecule has 2 heterocycles. The first-order valence-electron chi connectivity index (χ1n) is 8.04. The molecular weight excluding hydrogens is 340 g/mol. The molecule has 0 aliphatic carbocycles. The van der Waals surface area contributed by atoms with Crippen LogP contribution in [-0.2, 0) is 4.79 Å². The van der Waals surface area contributed by atoms with Gasteiger partial charge in [0.05, 0.1) is 13.3 Å². The molecule has 1 aliphatic heterocycles. The summed E-state index contributed by atoms with van der Waals surface area (Å²) in [4.78, 5) is 12.3. The molecule has 1 amide bonds. The normalized spacial score (nSPS) is 16.1. The van der Waals surface area contributed by atoms with Gasteiger partial charge in [0.2, 0.25) is 5.91 Å². The number of hydrogen-bond acceptors (Lipinski definition) is 3. The third-order valence-corrected chi connectivity index (χ3v) is 4.47. The Morgan fingerprint density at radius 1 is 1.19 bits per heavy atom. The molecule has 7 heteroatoms. The molecule has 1 aromatic heterocycles. The molecule has 1 unspecified atom stereocenters. The van der Waals surface area contributed by atoms with E-state index in [0.717, 1.165) is 23.3 Å². The molecule has 132 valence electrons. The summed E-state index contributed by atoms with van der Waals surface area (Å²) < 4.78 is 34.1. The van der Waals surface area contributed by atoms with Crippen molar-refractivity contribution in [3.63, 3.8) is 0 Å². The SMILES string of the molecule is COc1ccccc1C1CC(=O)Nc2c1cnn2-c1ccc(F)cc1F. The molecule has 0 spiro atoms. The van der Waals surface area contributed by atoms with Gasteiger partial charge in [0.25, 0.3) is 0 Å². The van der Waals surface area contributed by atoms with Gasteiger partial charge in [0.15, 0.2) is 5.82 Å². The molecule has 26 heavy (non-hydrogen) atoms. The van der Waals surface area contributed by atoms with Crippen LogP contribution in [0, 0.1) is 11.6 Å². The van der Waals surface area contributed by atoms with Crippen molar-refractivity contribution in [3.8, 4) is 11.4 Å². The number of fused-ring (bicyclic) bond motifs is 1. The van der Waals surface area contributed by atoms with Crippen LogP contribution in [0.2, 0.25) is 0 Å². The molecule has 1 aliphatic rings. The molecule has 0 saturated heterocycles. The summed E-state index contributed by atoms with van der Waals surface area (Å²) in [5.74, 6) is -0.876. The number of rotatable bonds is 3. The average Bonchev–Trinajstić information content (AvgIpc) is 3.04. The van der Waals surface area contributed by atoms with Gasteiger partial charge in [-0.05, 0) is 18.2 Å². The second kappa shape index (κ2) is 6.25. The molecule has 3 aromatic rings. The van der Waals surface area contributed by atoms with Crippen LogP contribution in [0.1, 0.15) is 23.5 Å². The fourth-order valence-electron chi connectivity index (χ4n) is 3.29. The fraction of sp³-hybridized carbons (Fsp3) is 0.158. The number of halogens is 2. The predicted octanol–water partition coefficient (Wildman–Crippen LogP) is 3.63. The minimum atomic E-state index is -0.760. The van der Waals surface area contributed by atoms with Crippen molar-refractivity contribution >= 4 is 11.7 Å². The van der Waals surface area contributed by atoms with Crippen molar-refractivity contribution < 1.29 is 18.3 Å². The maximum Gasteiger partial charge on any atom is 0.226 e. The summed E-state index contributed by atoms with van der Waals surface area (Å²) in [5, 5.41) is 6.97. The Labute approximate surface area is 148 Å². The highest BCUT2D eigenvalue weighted by atomic mass is 19.1. The minimum absolute atomic E-state index is 0.0635. The maximum absolute atomic E-state index is 14.2. The molecule has 0 saturated carbocycles. The van der Waals surface area contributed by atoms with Gasteiger partial charge in [-0.2, -0.15) is 5.10 Å². The predicted molar refractivity (Wildman–Crippen MR) is 91.6 cm³/mol. The average molecular weight is 355 g/mol. The van der Waals surface area contributed by atoms with Gasteiger partial charge >= 0.3 is 0 Å². The van der Waals surface area contributed by atoms with Gasteiger partial charge in [0.1, 0.15) is 23.1 Å². The van der Waals surface area contributed by atoms with E-state index in [-0.39, 0.29) is 23.9 Å². The lowest BCUT2D eigenvalue weighted by atomic mass is 9.87. The van der Waals surface area contributed by atoms with E-state index in [9.17, 15) is 13.6 Å². The van der Waals surface area contributed by atoms with E-state index >= 15 is 0 Å². The number of aromatic nitrogens is 2. The van der Waals surface area contributed by atoms with Crippen LogP contribution in [0.5, 0.6) is 5.75 Å². The Morgan fingerprint density at radius 2 is 2.00 bits per heavy atom. The van der Waals surface area contributed by atoms with Crippen molar-refractivity contribution in [2.24, 2.45) is 0 Å². The topological polar surface area (TPSA) is 56.1 Å². The molecule has 1 N–H and O–H groups in total. The minimum Gasteiger partial charge on any atom is -0.496 e. The van der Waals surface area contributed by atoms with Gasteiger partial charge < -0.3 is 10.1 Å². The van der Waals surface area contributed by atoms with Gasteiger partial charge in [-0.3, -0.25) is 4.79 Å². The number of carbonyl (C=O) groups excluding carboxylic acids is 1. The van der Waals surface area contributed by atoms with Crippen LogP contribution in [0.3, 0.4) is 0 Å². The third-order valence-electron chi connectivity index (χ3n) is 4.47. The second-order valence-electron chi connectivity index (χ2n) is 6.00. The van der Waals surface area contributed by atoms with Gasteiger partial charge in [-0.15, -0.1) is 0 Å². The van der Waals surface area contributed by atoms with Gasteiger partial charge in [0, 0.05) is 29.5 Å². The van der Waals surface area contributed by atoms with E-state index < -0.39 is 11.6 Å². The zero-order valence-electron chi connectivity index (χ0n) is 13.9. The zero-order chi connectivity index (χ0) is 18.3. The smallest absolute Gasteiger partial charge is 0.226 e. The molecule has 0 fully saturated rings. The molecule has 0 radical (unpaired) electrons. The summed E-state index contributed by atoms with van der Waals surface area (Å²) >= 11 is 0. The number of carbonyl (C=O) groups is 1. The lowest BCUT2D eigenvalue weighted by Gasteiger charge is -2.25. The number of benzene rings is 2. The van der Waals surface area contributed by atoms with Crippen molar-refractivity contribution in [2.75, 3.05) is 12.4 Å². The molecule has 4 rings (SSSR count). The summed E-state index contributed by atoms with van der Waals surface area (Å²) in [6, 6.07) is 10.7. The highest BCUT2D eigenvalue weighted by Gasteiger charge is 2.32. The van der Waals surface area contributed by atoms with E-state index in [1.165, 1.54) is 10.7 Å². The lowest BCUT2D eigenvalue weighted by Crippen LogP contribution is -2.25. The molecule has 5 nitrogen and oxygen atoms in total. The fourth-order valence-corrected chi connectivity index (χ4v) is 3.29. The van der Waals surface area contributed by atoms with Crippen LogP contribution in [-0.4, -0.2) is 22.8 Å². The van der Waals surface area contributed by atoms with Crippen molar-refractivity contribution in [3.05, 3.63) is 71.4 Å². The lowest BCUT2D eigenvalue weighted by molar-refractivity contribution is -0.116. The maximum atomic E-state index is 14.2. The number of ether oxygens (including phenoxy) is 1. The number of amides is 1. The number of anilines is 1. The van der Waals surface area contributed by atoms with Crippen LogP contribution in [0.25, 0.3) is 5.69 Å². The molecule has 1 atom stereocenters. The molecule has 0 bridgehead atoms. The third kappa shape index (κ3) is 2.61. The number of hydrogen-bond donors (Lipinski definition) is 1. The van der Waals surface area contributed by atoms with Crippen molar-refractivity contribution in [1.29, 1.82) is 0 Å². The van der Waals surface area contributed by atoms with E-state index in [1.54, 1.807) is 13.3 Å². The summed E-state index contributed by atoms with van der Waals surface area (Å²) in [5.41, 5.74) is 1.66. The highest BCUT2D eigenvalue weighted by molar-refractivity contribution is 5.94. The molecule has 2 aromatic carbocycles. The Kier molecular flexibility index (Phi) is 3.91. The zero-order valence-corrected chi connectivity index (χ0v) is 13.9. The first-order valence-corrected chi connectivity index (χ1v) is 8.04. The van der Waals surface area contributed by atoms with Crippen LogP contribution >= 0.6 is 0 Å². The van der Waals surface area contributed by atoms with E-state index in [1.807, 2.05) is 24.3 Å². The first-order chi connectivity index (χ1) is 12.6. The van der Waals surface area contributed by atoms with E-state index in [0.29, 0.717) is 11.6 Å². The standard InChI is InChI=1S/C19H15F2N3O2/c1-26-17-5-3-2-4-12(17)13-9-18(25)23-19-14(13)10-22-24(19)16-7-6-11(20)8-15(16)21/h2-8,10,13H,9H2,1H3,(H,23,25). The number of nitrogens with zero attached hydrogens (tertiary/aromatic N) is 2. The quantitative estimate of drug-likeness (QED) is 0.781. The van der Waals surface area contributed by atoms with E-state index in [2.05, 4.69) is 10.4 Å². The van der Waals surface area contributed by atoms with E-state index in [4.69, 9.17) is 4.74 Å². The van der Waals surface area contributed by atoms with Crippen LogP contribution < -0.4 is 10.1 Å². The van der Waals surface area contributed by atoms with Gasteiger partial charge in [-0.25, -0.2) is 13.5 Å². The summed E-state index contributed by atoms with van der Waals surface area (Å²) in [6.45, 7) is 0. The Morgan fingerprint density at radius 3 is 2.77 bits per heavy atom. The second-order valence-corrected chi connectivity index (χ2v) is 6.00. The monoisotopic (exact) mass is 355 g/mol. The van der Waals surface area contributed by atoms with Crippen LogP contribution in [0.4, 0.5) is 14.6 Å². The number of methoxy groups -OCH3 is 1. The Hall–Kier alpha value is -3.22. The van der Waals surface area contributed by atoms with Gasteiger partial charge in [-0.1, -0.05) is 18.2 Å². The number of para-hydroxylation sites is 1. The van der Waals surface area contributed by atoms with Crippen LogP contribution in [0.15, 0.2) is 48.7 Å². The molecular formula is C19H15F2N3O2. The summed E-state index contributed by atoms with van der Waals surface area (Å²) in [6.07, 6.45) is 1.82. The Balaban J connectivity index is 1.85. The van der Waals surface area contributed by atoms with Crippen molar-refractivity contribution in [1.82, 2.24) is 9.78 Å². The number of nitrogens with one attached hydrogen (secondary N) is 1.